The fourth-order valence-corrected chi connectivity index (χ4v) is 3.50. The van der Waals surface area contributed by atoms with Crippen LogP contribution in [0.25, 0.3) is 0 Å². The average Bonchev–Trinajstić information content (AvgIpc) is 3.05. The molecule has 3 rings (SSSR count). The Morgan fingerprint density at radius 3 is 2.87 bits per heavy atom. The molecule has 126 valence electrons. The Morgan fingerprint density at radius 1 is 1.35 bits per heavy atom. The van der Waals surface area contributed by atoms with E-state index in [-0.39, 0.29) is 18.2 Å². The van der Waals surface area contributed by atoms with Gasteiger partial charge in [-0.2, -0.15) is 0 Å². The first-order valence-corrected chi connectivity index (χ1v) is 8.54. The summed E-state index contributed by atoms with van der Waals surface area (Å²) in [6.07, 6.45) is 3.05. The summed E-state index contributed by atoms with van der Waals surface area (Å²) < 4.78 is 11.3. The van der Waals surface area contributed by atoms with Gasteiger partial charge in [-0.15, -0.1) is 0 Å². The summed E-state index contributed by atoms with van der Waals surface area (Å²) in [6.45, 7) is 4.47. The van der Waals surface area contributed by atoms with E-state index >= 15 is 0 Å². The maximum atomic E-state index is 12.4. The van der Waals surface area contributed by atoms with E-state index in [2.05, 4.69) is 10.2 Å². The molecule has 1 unspecified atom stereocenters. The summed E-state index contributed by atoms with van der Waals surface area (Å²) in [7, 11) is 0. The van der Waals surface area contributed by atoms with Crippen LogP contribution < -0.4 is 5.32 Å². The number of likely N-dealkylation sites (tertiary alicyclic amines) is 1. The molecule has 1 aromatic carbocycles. The molecule has 1 N–H and O–H groups in total. The summed E-state index contributed by atoms with van der Waals surface area (Å²) in [4.78, 5) is 14.5. The molecule has 2 fully saturated rings. The third kappa shape index (κ3) is 4.23. The Hall–Kier alpha value is -1.14. The smallest absolute Gasteiger partial charge is 0.238 e. The predicted molar refractivity (Wildman–Crippen MR) is 89.7 cm³/mol. The number of carbonyl (C=O) groups is 1. The fraction of sp³-hybridized carbons (Fsp3) is 0.588. The maximum Gasteiger partial charge on any atom is 0.238 e. The number of ether oxygens (including phenoxy) is 2. The second-order valence-corrected chi connectivity index (χ2v) is 6.58. The van der Waals surface area contributed by atoms with Crippen molar-refractivity contribution in [2.24, 2.45) is 0 Å². The normalized spacial score (nSPS) is 23.1. The lowest BCUT2D eigenvalue weighted by molar-refractivity contribution is -0.127. The van der Waals surface area contributed by atoms with E-state index in [1.54, 1.807) is 0 Å². The van der Waals surface area contributed by atoms with E-state index in [4.69, 9.17) is 21.1 Å². The molecule has 1 amide bonds. The number of nitrogens with zero attached hydrogens (tertiary/aromatic N) is 1. The van der Waals surface area contributed by atoms with Crippen LogP contribution in [0.3, 0.4) is 0 Å². The lowest BCUT2D eigenvalue weighted by Crippen LogP contribution is -2.50. The number of rotatable bonds is 4. The SMILES string of the molecule is Cc1ccc(NC(=O)CN2CCCCC2C2OCCO2)c(Cl)c1. The molecule has 1 aromatic rings. The number of piperidine rings is 1. The molecule has 2 heterocycles. The number of halogens is 1. The highest BCUT2D eigenvalue weighted by molar-refractivity contribution is 6.33. The van der Waals surface area contributed by atoms with Crippen LogP contribution in [-0.4, -0.2) is 49.4 Å². The molecule has 23 heavy (non-hydrogen) atoms. The molecule has 2 aliphatic rings. The molecule has 0 bridgehead atoms. The molecular weight excluding hydrogens is 316 g/mol. The minimum atomic E-state index is -0.203. The molecule has 6 heteroatoms. The van der Waals surface area contributed by atoms with Crippen molar-refractivity contribution in [3.8, 4) is 0 Å². The monoisotopic (exact) mass is 338 g/mol. The molecule has 5 nitrogen and oxygen atoms in total. The van der Waals surface area contributed by atoms with Crippen molar-refractivity contribution < 1.29 is 14.3 Å². The zero-order chi connectivity index (χ0) is 16.2. The van der Waals surface area contributed by atoms with E-state index in [9.17, 15) is 4.79 Å². The number of aryl methyl sites for hydroxylation is 1. The van der Waals surface area contributed by atoms with Gasteiger partial charge in [-0.3, -0.25) is 9.69 Å². The molecule has 0 saturated carbocycles. The average molecular weight is 339 g/mol. The summed E-state index contributed by atoms with van der Waals surface area (Å²) in [6, 6.07) is 5.78. The number of anilines is 1. The fourth-order valence-electron chi connectivity index (χ4n) is 3.22. The minimum Gasteiger partial charge on any atom is -0.349 e. The number of nitrogens with one attached hydrogen (secondary N) is 1. The van der Waals surface area contributed by atoms with Crippen molar-refractivity contribution in [2.75, 3.05) is 31.6 Å². The zero-order valence-electron chi connectivity index (χ0n) is 13.4. The van der Waals surface area contributed by atoms with Crippen LogP contribution in [0.5, 0.6) is 0 Å². The highest BCUT2D eigenvalue weighted by Gasteiger charge is 2.34. The third-order valence-electron chi connectivity index (χ3n) is 4.37. The molecule has 0 aliphatic carbocycles. The van der Waals surface area contributed by atoms with Gasteiger partial charge in [0.05, 0.1) is 36.5 Å². The lowest BCUT2D eigenvalue weighted by Gasteiger charge is -2.37. The first kappa shape index (κ1) is 16.7. The van der Waals surface area contributed by atoms with E-state index in [0.717, 1.165) is 31.4 Å². The first-order valence-electron chi connectivity index (χ1n) is 8.17. The topological polar surface area (TPSA) is 50.8 Å². The van der Waals surface area contributed by atoms with E-state index < -0.39 is 0 Å². The van der Waals surface area contributed by atoms with Crippen LogP contribution in [0.4, 0.5) is 5.69 Å². The first-order chi connectivity index (χ1) is 11.1. The standard InChI is InChI=1S/C17H23ClN2O3/c1-12-5-6-14(13(18)10-12)19-16(21)11-20-7-3-2-4-15(20)17-22-8-9-23-17/h5-6,10,15,17H,2-4,7-9,11H2,1H3,(H,19,21). The van der Waals surface area contributed by atoms with E-state index in [0.29, 0.717) is 30.5 Å². The number of hydrogen-bond donors (Lipinski definition) is 1. The Labute approximate surface area is 141 Å². The quantitative estimate of drug-likeness (QED) is 0.917. The van der Waals surface area contributed by atoms with Gasteiger partial charge in [0.25, 0.3) is 0 Å². The van der Waals surface area contributed by atoms with Crippen LogP contribution in [0.2, 0.25) is 5.02 Å². The summed E-state index contributed by atoms with van der Waals surface area (Å²) in [5.41, 5.74) is 1.73. The van der Waals surface area contributed by atoms with Crippen molar-refractivity contribution in [1.29, 1.82) is 0 Å². The van der Waals surface area contributed by atoms with Gasteiger partial charge in [-0.1, -0.05) is 24.1 Å². The molecule has 0 spiro atoms. The predicted octanol–water partition coefficient (Wildman–Crippen LogP) is 2.81. The second-order valence-electron chi connectivity index (χ2n) is 6.18. The van der Waals surface area contributed by atoms with E-state index in [1.807, 2.05) is 25.1 Å². The highest BCUT2D eigenvalue weighted by atomic mass is 35.5. The van der Waals surface area contributed by atoms with Crippen molar-refractivity contribution in [1.82, 2.24) is 4.90 Å². The van der Waals surface area contributed by atoms with Crippen LogP contribution in [0.15, 0.2) is 18.2 Å². The van der Waals surface area contributed by atoms with Gasteiger partial charge in [0.1, 0.15) is 0 Å². The maximum absolute atomic E-state index is 12.4. The minimum absolute atomic E-state index is 0.0550. The molecule has 0 aromatic heterocycles. The number of carbonyl (C=O) groups excluding carboxylic acids is 1. The number of amides is 1. The Morgan fingerprint density at radius 2 is 2.13 bits per heavy atom. The second kappa shape index (κ2) is 7.62. The van der Waals surface area contributed by atoms with Crippen molar-refractivity contribution >= 4 is 23.2 Å². The molecule has 1 atom stereocenters. The van der Waals surface area contributed by atoms with Gasteiger partial charge in [-0.25, -0.2) is 0 Å². The molecule has 0 radical (unpaired) electrons. The number of hydrogen-bond acceptors (Lipinski definition) is 4. The Balaban J connectivity index is 1.61. The van der Waals surface area contributed by atoms with Crippen LogP contribution in [0, 0.1) is 6.92 Å². The zero-order valence-corrected chi connectivity index (χ0v) is 14.1. The Bertz CT molecular complexity index is 561. The molecule has 2 aliphatic heterocycles. The van der Waals surface area contributed by atoms with Gasteiger partial charge in [0.15, 0.2) is 6.29 Å². The Kier molecular flexibility index (Phi) is 5.54. The summed E-state index contributed by atoms with van der Waals surface area (Å²) >= 11 is 6.18. The summed E-state index contributed by atoms with van der Waals surface area (Å²) in [5.74, 6) is -0.0550. The number of benzene rings is 1. The van der Waals surface area contributed by atoms with Gasteiger partial charge in [0, 0.05) is 0 Å². The van der Waals surface area contributed by atoms with Crippen LogP contribution >= 0.6 is 11.6 Å². The van der Waals surface area contributed by atoms with E-state index in [1.165, 1.54) is 0 Å². The third-order valence-corrected chi connectivity index (χ3v) is 4.68. The van der Waals surface area contributed by atoms with Gasteiger partial charge in [-0.05, 0) is 44.0 Å². The molecular formula is C17H23ClN2O3. The van der Waals surface area contributed by atoms with Gasteiger partial charge in [0.2, 0.25) is 5.91 Å². The van der Waals surface area contributed by atoms with Crippen LogP contribution in [-0.2, 0) is 14.3 Å². The van der Waals surface area contributed by atoms with Crippen molar-refractivity contribution in [3.63, 3.8) is 0 Å². The van der Waals surface area contributed by atoms with Gasteiger partial charge < -0.3 is 14.8 Å². The van der Waals surface area contributed by atoms with Crippen molar-refractivity contribution in [3.05, 3.63) is 28.8 Å². The summed E-state index contributed by atoms with van der Waals surface area (Å²) in [5, 5.41) is 3.47. The largest absolute Gasteiger partial charge is 0.349 e. The van der Waals surface area contributed by atoms with Crippen molar-refractivity contribution in [2.45, 2.75) is 38.5 Å². The lowest BCUT2D eigenvalue weighted by atomic mass is 10.0. The molecule has 2 saturated heterocycles. The van der Waals surface area contributed by atoms with Crippen LogP contribution in [0.1, 0.15) is 24.8 Å². The van der Waals surface area contributed by atoms with Gasteiger partial charge >= 0.3 is 0 Å². The highest BCUT2D eigenvalue weighted by Crippen LogP contribution is 2.25.